The average Bonchev–Trinajstić information content (AvgIpc) is 3.94. The van der Waals surface area contributed by atoms with Crippen LogP contribution in [0.25, 0.3) is 93.3 Å². The van der Waals surface area contributed by atoms with Gasteiger partial charge >= 0.3 is 0 Å². The molecule has 4 heteroatoms. The van der Waals surface area contributed by atoms with Crippen molar-refractivity contribution in [3.63, 3.8) is 0 Å². The lowest BCUT2D eigenvalue weighted by Crippen LogP contribution is -2.11. The summed E-state index contributed by atoms with van der Waals surface area (Å²) in [6.45, 7) is 0. The lowest BCUT2D eigenvalue weighted by Gasteiger charge is -2.28. The number of anilines is 3. The summed E-state index contributed by atoms with van der Waals surface area (Å²) in [5.74, 6) is 0. The van der Waals surface area contributed by atoms with Crippen molar-refractivity contribution in [2.24, 2.45) is 0 Å². The van der Waals surface area contributed by atoms with E-state index in [0.29, 0.717) is 0 Å². The van der Waals surface area contributed by atoms with Crippen LogP contribution < -0.4 is 4.90 Å². The van der Waals surface area contributed by atoms with Crippen LogP contribution in [0.3, 0.4) is 0 Å². The molecule has 262 valence electrons. The Balaban J connectivity index is 1.08. The van der Waals surface area contributed by atoms with E-state index in [1.54, 1.807) is 0 Å². The number of rotatable bonds is 5. The molecule has 4 nitrogen and oxygen atoms in total. The standard InChI is InChI=1S/C52H32N2O2/c1-2-13-37-33(12-1)24-30-44-43-19-11-18-42(52(43)56-51(37)44)40-16-5-7-20-46(40)53(36-29-31-50-45(32-36)41-17-6-10-23-49(41)55-50)34-25-27-35(28-26-34)54-47-21-8-3-14-38(47)39-15-4-9-22-48(39)54/h1-32H. The van der Waals surface area contributed by atoms with Gasteiger partial charge in [-0.2, -0.15) is 0 Å². The second-order valence-corrected chi connectivity index (χ2v) is 14.5. The predicted octanol–water partition coefficient (Wildman–Crippen LogP) is 14.9. The van der Waals surface area contributed by atoms with E-state index in [1.807, 2.05) is 12.1 Å². The second kappa shape index (κ2) is 12.0. The zero-order valence-electron chi connectivity index (χ0n) is 30.2. The van der Waals surface area contributed by atoms with Crippen LogP contribution in [0.5, 0.6) is 0 Å². The van der Waals surface area contributed by atoms with Gasteiger partial charge in [-0.3, -0.25) is 0 Å². The molecule has 0 atom stereocenters. The molecular weight excluding hydrogens is 685 g/mol. The summed E-state index contributed by atoms with van der Waals surface area (Å²) < 4.78 is 15.5. The minimum Gasteiger partial charge on any atom is -0.456 e. The molecular formula is C52H32N2O2. The van der Waals surface area contributed by atoms with Gasteiger partial charge in [0.15, 0.2) is 0 Å². The maximum absolute atomic E-state index is 6.89. The molecule has 0 aliphatic carbocycles. The smallest absolute Gasteiger partial charge is 0.143 e. The van der Waals surface area contributed by atoms with Crippen LogP contribution in [0.15, 0.2) is 203 Å². The highest BCUT2D eigenvalue weighted by molar-refractivity contribution is 6.18. The third-order valence-corrected chi connectivity index (χ3v) is 11.4. The van der Waals surface area contributed by atoms with Crippen molar-refractivity contribution in [2.45, 2.75) is 0 Å². The largest absolute Gasteiger partial charge is 0.456 e. The Hall–Kier alpha value is -7.56. The maximum Gasteiger partial charge on any atom is 0.143 e. The van der Waals surface area contributed by atoms with Gasteiger partial charge in [0.2, 0.25) is 0 Å². The molecule has 0 N–H and O–H groups in total. The van der Waals surface area contributed by atoms with E-state index in [4.69, 9.17) is 8.83 Å². The molecule has 0 unspecified atom stereocenters. The van der Waals surface area contributed by atoms with Gasteiger partial charge in [0.1, 0.15) is 22.3 Å². The first-order valence-corrected chi connectivity index (χ1v) is 19.0. The van der Waals surface area contributed by atoms with Gasteiger partial charge in [-0.05, 0) is 78.2 Å². The summed E-state index contributed by atoms with van der Waals surface area (Å²) in [5.41, 5.74) is 12.3. The molecule has 0 amide bonds. The molecule has 0 aliphatic rings. The van der Waals surface area contributed by atoms with Gasteiger partial charge in [-0.15, -0.1) is 0 Å². The highest BCUT2D eigenvalue weighted by Gasteiger charge is 2.22. The van der Waals surface area contributed by atoms with Gasteiger partial charge in [-0.1, -0.05) is 121 Å². The lowest BCUT2D eigenvalue weighted by atomic mass is 9.98. The molecule has 0 saturated heterocycles. The summed E-state index contributed by atoms with van der Waals surface area (Å²) in [6, 6.07) is 69.0. The minimum atomic E-state index is 0.865. The van der Waals surface area contributed by atoms with Crippen molar-refractivity contribution in [1.29, 1.82) is 0 Å². The van der Waals surface area contributed by atoms with Crippen molar-refractivity contribution >= 4 is 93.5 Å². The molecule has 0 fully saturated rings. The number of benzene rings is 9. The molecule has 56 heavy (non-hydrogen) atoms. The topological polar surface area (TPSA) is 34.5 Å². The fraction of sp³-hybridized carbons (Fsp3) is 0. The first-order chi connectivity index (χ1) is 27.8. The number of aromatic nitrogens is 1. The third kappa shape index (κ3) is 4.53. The number of nitrogens with zero attached hydrogens (tertiary/aromatic N) is 2. The molecule has 3 aromatic heterocycles. The van der Waals surface area contributed by atoms with Crippen LogP contribution >= 0.6 is 0 Å². The van der Waals surface area contributed by atoms with E-state index < -0.39 is 0 Å². The first-order valence-electron chi connectivity index (χ1n) is 19.0. The van der Waals surface area contributed by atoms with Crippen LogP contribution in [0.2, 0.25) is 0 Å². The minimum absolute atomic E-state index is 0.865. The average molecular weight is 717 g/mol. The number of hydrogen-bond acceptors (Lipinski definition) is 3. The Bertz CT molecular complexity index is 3440. The van der Waals surface area contributed by atoms with E-state index in [2.05, 4.69) is 191 Å². The summed E-state index contributed by atoms with van der Waals surface area (Å²) in [5, 5.41) is 9.17. The quantitative estimate of drug-likeness (QED) is 0.178. The molecule has 0 radical (unpaired) electrons. The monoisotopic (exact) mass is 716 g/mol. The van der Waals surface area contributed by atoms with Crippen molar-refractivity contribution < 1.29 is 8.83 Å². The van der Waals surface area contributed by atoms with Crippen molar-refractivity contribution in [3.8, 4) is 16.8 Å². The van der Waals surface area contributed by atoms with Crippen LogP contribution in [0, 0.1) is 0 Å². The van der Waals surface area contributed by atoms with Crippen LogP contribution in [-0.4, -0.2) is 4.57 Å². The van der Waals surface area contributed by atoms with Gasteiger partial charge in [-0.25, -0.2) is 0 Å². The molecule has 12 rings (SSSR count). The van der Waals surface area contributed by atoms with Crippen molar-refractivity contribution in [3.05, 3.63) is 194 Å². The van der Waals surface area contributed by atoms with E-state index in [0.717, 1.165) is 83.1 Å². The summed E-state index contributed by atoms with van der Waals surface area (Å²) in [6.07, 6.45) is 0. The third-order valence-electron chi connectivity index (χ3n) is 11.4. The van der Waals surface area contributed by atoms with Crippen molar-refractivity contribution in [1.82, 2.24) is 4.57 Å². The molecule has 9 aromatic carbocycles. The molecule has 0 saturated carbocycles. The molecule has 3 heterocycles. The van der Waals surface area contributed by atoms with Crippen molar-refractivity contribution in [2.75, 3.05) is 4.90 Å². The summed E-state index contributed by atoms with van der Waals surface area (Å²) >= 11 is 0. The second-order valence-electron chi connectivity index (χ2n) is 14.5. The highest BCUT2D eigenvalue weighted by Crippen LogP contribution is 2.46. The Morgan fingerprint density at radius 3 is 1.79 bits per heavy atom. The SMILES string of the molecule is c1ccc(N(c2ccc(-n3c4ccccc4c4ccccc43)cc2)c2ccc3oc4ccccc4c3c2)c(-c2cccc3c2oc2c4ccccc4ccc32)c1. The fourth-order valence-electron chi connectivity index (χ4n) is 8.87. The highest BCUT2D eigenvalue weighted by atomic mass is 16.3. The van der Waals surface area contributed by atoms with Crippen LogP contribution in [-0.2, 0) is 0 Å². The Morgan fingerprint density at radius 2 is 0.964 bits per heavy atom. The first kappa shape index (κ1) is 30.9. The van der Waals surface area contributed by atoms with E-state index in [1.165, 1.54) is 27.2 Å². The fourth-order valence-corrected chi connectivity index (χ4v) is 8.87. The number of furan rings is 2. The Morgan fingerprint density at radius 1 is 0.357 bits per heavy atom. The summed E-state index contributed by atoms with van der Waals surface area (Å²) in [7, 11) is 0. The van der Waals surface area contributed by atoms with E-state index in [9.17, 15) is 0 Å². The van der Waals surface area contributed by atoms with Crippen LogP contribution in [0.4, 0.5) is 17.1 Å². The normalized spacial score (nSPS) is 11.9. The van der Waals surface area contributed by atoms with Crippen LogP contribution in [0.1, 0.15) is 0 Å². The molecule has 0 bridgehead atoms. The molecule has 12 aromatic rings. The summed E-state index contributed by atoms with van der Waals surface area (Å²) in [4.78, 5) is 2.36. The number of fused-ring (bicyclic) bond motifs is 11. The zero-order chi connectivity index (χ0) is 36.7. The van der Waals surface area contributed by atoms with Gasteiger partial charge in [0.25, 0.3) is 0 Å². The maximum atomic E-state index is 6.89. The van der Waals surface area contributed by atoms with Gasteiger partial charge in [0, 0.05) is 65.9 Å². The Kier molecular flexibility index (Phi) is 6.60. The number of para-hydroxylation sites is 5. The lowest BCUT2D eigenvalue weighted by molar-refractivity contribution is 0.669. The predicted molar refractivity (Wildman–Crippen MR) is 233 cm³/mol. The van der Waals surface area contributed by atoms with Gasteiger partial charge < -0.3 is 18.3 Å². The van der Waals surface area contributed by atoms with Gasteiger partial charge in [0.05, 0.1) is 16.7 Å². The number of hydrogen-bond donors (Lipinski definition) is 0. The van der Waals surface area contributed by atoms with E-state index >= 15 is 0 Å². The van der Waals surface area contributed by atoms with E-state index in [-0.39, 0.29) is 0 Å². The Labute approximate surface area is 321 Å². The molecule has 0 aliphatic heterocycles. The molecule has 0 spiro atoms. The zero-order valence-corrected chi connectivity index (χ0v) is 30.2.